The van der Waals surface area contributed by atoms with E-state index in [4.69, 9.17) is 37.0 Å². The van der Waals surface area contributed by atoms with Crippen LogP contribution in [0.15, 0.2) is 0 Å². The van der Waals surface area contributed by atoms with E-state index in [1.54, 1.807) is 0 Å². The lowest BCUT2D eigenvalue weighted by Crippen LogP contribution is -2.30. The molecule has 19 heteroatoms. The fourth-order valence-electron chi connectivity index (χ4n) is 12.2. The summed E-state index contributed by atoms with van der Waals surface area (Å²) in [5.41, 5.74) is 0. The molecule has 0 aromatic heterocycles. The molecule has 6 atom stereocenters. The fraction of sp³-hybridized carbons (Fsp3) is 0.949. The van der Waals surface area contributed by atoms with E-state index in [0.29, 0.717) is 25.7 Å². The Hall–Kier alpha value is -1.94. The Balaban J connectivity index is 5.25. The summed E-state index contributed by atoms with van der Waals surface area (Å²) in [4.78, 5) is 73.0. The Morgan fingerprint density at radius 1 is 0.296 bits per heavy atom. The van der Waals surface area contributed by atoms with Gasteiger partial charge in [0.2, 0.25) is 0 Å². The quantitative estimate of drug-likeness (QED) is 0.0222. The minimum absolute atomic E-state index is 0.105. The average molecular weight is 1440 g/mol. The molecule has 0 aliphatic carbocycles. The first-order chi connectivity index (χ1) is 47.4. The molecule has 3 N–H and O–H groups in total. The molecular formula is C79H154O17P2. The second-order valence-corrected chi connectivity index (χ2v) is 32.1. The van der Waals surface area contributed by atoms with Crippen molar-refractivity contribution in [3.63, 3.8) is 0 Å². The van der Waals surface area contributed by atoms with Crippen molar-refractivity contribution in [1.29, 1.82) is 0 Å². The molecule has 17 nitrogen and oxygen atoms in total. The second kappa shape index (κ2) is 70.7. The summed E-state index contributed by atoms with van der Waals surface area (Å²) < 4.78 is 68.7. The van der Waals surface area contributed by atoms with Gasteiger partial charge >= 0.3 is 39.5 Å². The van der Waals surface area contributed by atoms with Crippen LogP contribution in [-0.4, -0.2) is 96.7 Å². The maximum Gasteiger partial charge on any atom is 0.472 e. The molecular weight excluding hydrogens is 1280 g/mol. The van der Waals surface area contributed by atoms with E-state index in [1.165, 1.54) is 231 Å². The predicted molar refractivity (Wildman–Crippen MR) is 400 cm³/mol. The number of aliphatic hydroxyl groups is 1. The molecule has 98 heavy (non-hydrogen) atoms. The summed E-state index contributed by atoms with van der Waals surface area (Å²) in [5.74, 6) is -0.598. The number of aliphatic hydroxyl groups excluding tert-OH is 1. The van der Waals surface area contributed by atoms with Crippen molar-refractivity contribution in [2.75, 3.05) is 39.6 Å². The number of rotatable bonds is 78. The fourth-order valence-corrected chi connectivity index (χ4v) is 13.7. The number of esters is 4. The number of hydrogen-bond acceptors (Lipinski definition) is 15. The van der Waals surface area contributed by atoms with Gasteiger partial charge in [-0.25, -0.2) is 9.13 Å². The maximum absolute atomic E-state index is 13.1. The van der Waals surface area contributed by atoms with E-state index in [9.17, 15) is 43.2 Å². The van der Waals surface area contributed by atoms with Crippen LogP contribution in [0.3, 0.4) is 0 Å². The molecule has 0 fully saturated rings. The van der Waals surface area contributed by atoms with Crippen molar-refractivity contribution in [1.82, 2.24) is 0 Å². The van der Waals surface area contributed by atoms with Crippen molar-refractivity contribution in [3.8, 4) is 0 Å². The summed E-state index contributed by atoms with van der Waals surface area (Å²) in [6.07, 6.45) is 59.6. The lowest BCUT2D eigenvalue weighted by atomic mass is 9.99. The number of phosphoric ester groups is 2. The molecule has 0 aromatic rings. The minimum atomic E-state index is -4.96. The first kappa shape index (κ1) is 96.1. The third-order valence-electron chi connectivity index (χ3n) is 18.8. The van der Waals surface area contributed by atoms with E-state index in [-0.39, 0.29) is 25.7 Å². The van der Waals surface area contributed by atoms with Gasteiger partial charge in [-0.15, -0.1) is 0 Å². The highest BCUT2D eigenvalue weighted by Crippen LogP contribution is 2.45. The normalized spacial score (nSPS) is 14.2. The van der Waals surface area contributed by atoms with Crippen LogP contribution < -0.4 is 0 Å². The molecule has 0 aliphatic rings. The smallest absolute Gasteiger partial charge is 0.462 e. The lowest BCUT2D eigenvalue weighted by Gasteiger charge is -2.21. The molecule has 0 heterocycles. The summed E-state index contributed by atoms with van der Waals surface area (Å²) >= 11 is 0. The van der Waals surface area contributed by atoms with Gasteiger partial charge in [0, 0.05) is 25.7 Å². The monoisotopic (exact) mass is 1440 g/mol. The Labute approximate surface area is 600 Å². The van der Waals surface area contributed by atoms with Crippen LogP contribution in [0.1, 0.15) is 414 Å². The Kier molecular flexibility index (Phi) is 69.3. The first-order valence-corrected chi connectivity index (χ1v) is 44.0. The highest BCUT2D eigenvalue weighted by Gasteiger charge is 2.30. The van der Waals surface area contributed by atoms with E-state index in [2.05, 4.69) is 41.5 Å². The summed E-state index contributed by atoms with van der Waals surface area (Å²) in [5, 5.41) is 10.6. The average Bonchev–Trinajstić information content (AvgIpc) is 1.09. The van der Waals surface area contributed by atoms with Gasteiger partial charge in [-0.2, -0.15) is 0 Å². The molecule has 0 rings (SSSR count). The van der Waals surface area contributed by atoms with Crippen LogP contribution in [0.5, 0.6) is 0 Å². The van der Waals surface area contributed by atoms with E-state index in [1.807, 2.05) is 0 Å². The third-order valence-corrected chi connectivity index (χ3v) is 20.7. The zero-order valence-electron chi connectivity index (χ0n) is 64.1. The van der Waals surface area contributed by atoms with Gasteiger partial charge < -0.3 is 33.8 Å². The van der Waals surface area contributed by atoms with Crippen LogP contribution >= 0.6 is 15.6 Å². The van der Waals surface area contributed by atoms with E-state index in [0.717, 1.165) is 102 Å². The lowest BCUT2D eigenvalue weighted by molar-refractivity contribution is -0.161. The second-order valence-electron chi connectivity index (χ2n) is 29.2. The van der Waals surface area contributed by atoms with Gasteiger partial charge in [0.15, 0.2) is 12.2 Å². The molecule has 3 unspecified atom stereocenters. The van der Waals surface area contributed by atoms with Gasteiger partial charge in [-0.1, -0.05) is 363 Å². The topological polar surface area (TPSA) is 237 Å². The highest BCUT2D eigenvalue weighted by atomic mass is 31.2. The third kappa shape index (κ3) is 71.1. The Morgan fingerprint density at radius 2 is 0.520 bits per heavy atom. The van der Waals surface area contributed by atoms with Crippen LogP contribution in [0.25, 0.3) is 0 Å². The van der Waals surface area contributed by atoms with Crippen molar-refractivity contribution in [3.05, 3.63) is 0 Å². The molecule has 0 spiro atoms. The molecule has 0 aliphatic heterocycles. The van der Waals surface area contributed by atoms with Gasteiger partial charge in [0.1, 0.15) is 19.3 Å². The SMILES string of the molecule is CCCCCCCCCCCCCCCCCCCCCC(=O)O[C@H](COC(=O)CCCCCCCCCCCCCCCCC)COP(=O)(O)OC[C@@H](O)COP(=O)(O)OC[C@@H](COC(=O)CCCCCCCCCCC(C)CC)OC(=O)CCCCCCCCCCCC(C)C. The van der Waals surface area contributed by atoms with Gasteiger partial charge in [0.05, 0.1) is 26.4 Å². The summed E-state index contributed by atoms with van der Waals surface area (Å²) in [7, 11) is -9.92. The van der Waals surface area contributed by atoms with E-state index < -0.39 is 97.5 Å². The molecule has 0 saturated carbocycles. The standard InChI is InChI=1S/C79H154O17P2/c1-7-10-12-14-16-18-20-22-24-25-26-27-29-31-33-37-45-51-57-63-78(83)95-74(67-89-76(81)61-55-49-43-36-32-30-28-23-21-19-17-15-13-11-8-2)69-93-97(85,86)91-65-73(80)66-92-98(87,88)94-70-75(96-79(84)64-58-52-46-38-34-35-41-47-53-59-71(4)5)68-90-77(82)62-56-50-44-40-39-42-48-54-60-72(6)9-3/h71-75,80H,7-70H2,1-6H3,(H,85,86)(H,87,88)/t72?,73-,74-,75-/m1/s1. The van der Waals surface area contributed by atoms with Crippen molar-refractivity contribution in [2.24, 2.45) is 11.8 Å². The van der Waals surface area contributed by atoms with Crippen molar-refractivity contribution in [2.45, 2.75) is 432 Å². The zero-order valence-corrected chi connectivity index (χ0v) is 65.9. The molecule has 0 bridgehead atoms. The molecule has 0 aromatic carbocycles. The summed E-state index contributed by atoms with van der Waals surface area (Å²) in [6.45, 7) is 9.60. The molecule has 0 amide bonds. The van der Waals surface area contributed by atoms with Gasteiger partial charge in [-0.05, 0) is 37.5 Å². The molecule has 582 valence electrons. The number of carbonyl (C=O) groups excluding carboxylic acids is 4. The first-order valence-electron chi connectivity index (χ1n) is 41.0. The van der Waals surface area contributed by atoms with Gasteiger partial charge in [0.25, 0.3) is 0 Å². The maximum atomic E-state index is 13.1. The number of carbonyl (C=O) groups is 4. The van der Waals surface area contributed by atoms with Crippen LogP contribution in [-0.2, 0) is 65.4 Å². The number of unbranched alkanes of at least 4 members (excludes halogenated alkanes) is 47. The number of ether oxygens (including phenoxy) is 4. The van der Waals surface area contributed by atoms with Crippen LogP contribution in [0, 0.1) is 11.8 Å². The molecule has 0 saturated heterocycles. The van der Waals surface area contributed by atoms with Crippen molar-refractivity contribution >= 4 is 39.5 Å². The van der Waals surface area contributed by atoms with Crippen molar-refractivity contribution < 1.29 is 80.2 Å². The largest absolute Gasteiger partial charge is 0.472 e. The Bertz CT molecular complexity index is 1890. The predicted octanol–water partition coefficient (Wildman–Crippen LogP) is 23.5. The van der Waals surface area contributed by atoms with Gasteiger partial charge in [-0.3, -0.25) is 37.3 Å². The summed E-state index contributed by atoms with van der Waals surface area (Å²) in [6, 6.07) is 0. The van der Waals surface area contributed by atoms with Crippen LogP contribution in [0.4, 0.5) is 0 Å². The zero-order chi connectivity index (χ0) is 72.1. The number of hydrogen-bond donors (Lipinski definition) is 3. The minimum Gasteiger partial charge on any atom is -0.462 e. The Morgan fingerprint density at radius 3 is 0.776 bits per heavy atom. The van der Waals surface area contributed by atoms with E-state index >= 15 is 0 Å². The highest BCUT2D eigenvalue weighted by molar-refractivity contribution is 7.47. The van der Waals surface area contributed by atoms with Crippen LogP contribution in [0.2, 0.25) is 0 Å². The number of phosphoric acid groups is 2. The molecule has 0 radical (unpaired) electrons.